The summed E-state index contributed by atoms with van der Waals surface area (Å²) in [4.78, 5) is 22.4. The molecule has 0 aliphatic carbocycles. The summed E-state index contributed by atoms with van der Waals surface area (Å²) >= 11 is 0. The number of aromatic nitrogens is 3. The van der Waals surface area contributed by atoms with Crippen LogP contribution in [0, 0.1) is 5.41 Å². The molecule has 2 fully saturated rings. The summed E-state index contributed by atoms with van der Waals surface area (Å²) in [5.41, 5.74) is 2.22. The van der Waals surface area contributed by atoms with Crippen LogP contribution in [-0.4, -0.2) is 58.2 Å². The van der Waals surface area contributed by atoms with Gasteiger partial charge in [0.25, 0.3) is 0 Å². The molecule has 8 nitrogen and oxygen atoms in total. The lowest BCUT2D eigenvalue weighted by Gasteiger charge is -2.40. The van der Waals surface area contributed by atoms with E-state index >= 15 is 0 Å². The Kier molecular flexibility index (Phi) is 4.79. The van der Waals surface area contributed by atoms with E-state index in [-0.39, 0.29) is 11.3 Å². The number of benzene rings is 1. The molecule has 2 saturated heterocycles. The van der Waals surface area contributed by atoms with E-state index in [2.05, 4.69) is 42.7 Å². The van der Waals surface area contributed by atoms with Gasteiger partial charge in [0.2, 0.25) is 5.91 Å². The molecule has 2 N–H and O–H groups in total. The van der Waals surface area contributed by atoms with Gasteiger partial charge in [0.05, 0.1) is 5.69 Å². The van der Waals surface area contributed by atoms with E-state index in [1.54, 1.807) is 11.0 Å². The van der Waals surface area contributed by atoms with Gasteiger partial charge >= 0.3 is 0 Å². The lowest BCUT2D eigenvalue weighted by Crippen LogP contribution is -2.51. The van der Waals surface area contributed by atoms with Crippen molar-refractivity contribution >= 4 is 11.9 Å². The van der Waals surface area contributed by atoms with Gasteiger partial charge < -0.3 is 15.5 Å². The first-order valence-corrected chi connectivity index (χ1v) is 9.34. The number of likely N-dealkylation sites (tertiary alicyclic amines) is 1. The molecule has 2 aromatic rings. The molecule has 4 rings (SSSR count). The molecule has 1 unspecified atom stereocenters. The second-order valence-electron chi connectivity index (χ2n) is 7.39. The van der Waals surface area contributed by atoms with Gasteiger partial charge in [0.1, 0.15) is 12.7 Å². The van der Waals surface area contributed by atoms with Gasteiger partial charge in [-0.15, -0.1) is 0 Å². The molecule has 1 atom stereocenters. The third-order valence-corrected chi connectivity index (χ3v) is 5.44. The molecule has 0 saturated carbocycles. The number of carbonyl (C=O) groups excluding carboxylic acids is 1. The average molecular weight is 367 g/mol. The first-order chi connectivity index (χ1) is 13.2. The van der Waals surface area contributed by atoms with E-state index in [1.807, 2.05) is 19.2 Å². The zero-order valence-electron chi connectivity index (χ0n) is 15.6. The Morgan fingerprint density at radius 3 is 2.89 bits per heavy atom. The van der Waals surface area contributed by atoms with Gasteiger partial charge in [-0.25, -0.2) is 9.67 Å². The number of carbonyl (C=O) groups is 1. The number of hydrogen-bond donors (Lipinski definition) is 2. The summed E-state index contributed by atoms with van der Waals surface area (Å²) in [6, 6.07) is 8.21. The molecule has 1 aromatic heterocycles. The highest BCUT2D eigenvalue weighted by atomic mass is 16.1. The lowest BCUT2D eigenvalue weighted by molar-refractivity contribution is -0.119. The molecule has 0 radical (unpaired) electrons. The molecule has 1 aromatic carbocycles. The number of amides is 1. The van der Waals surface area contributed by atoms with Crippen molar-refractivity contribution in [3.8, 4) is 5.69 Å². The highest BCUT2D eigenvalue weighted by molar-refractivity contribution is 5.81. The first kappa shape index (κ1) is 17.5. The Morgan fingerprint density at radius 2 is 2.22 bits per heavy atom. The number of nitrogens with one attached hydrogen (secondary N) is 2. The van der Waals surface area contributed by atoms with E-state index < -0.39 is 0 Å². The molecule has 2 aliphatic rings. The van der Waals surface area contributed by atoms with Crippen LogP contribution in [0.1, 0.15) is 24.8 Å². The van der Waals surface area contributed by atoms with Crippen molar-refractivity contribution in [2.75, 3.05) is 26.7 Å². The molecular formula is C19H25N7O. The predicted octanol–water partition coefficient (Wildman–Crippen LogP) is 0.945. The molecule has 142 valence electrons. The Balaban J connectivity index is 1.37. The van der Waals surface area contributed by atoms with Crippen molar-refractivity contribution in [2.24, 2.45) is 10.4 Å². The van der Waals surface area contributed by atoms with Crippen LogP contribution in [0.4, 0.5) is 0 Å². The molecule has 1 amide bonds. The van der Waals surface area contributed by atoms with Crippen LogP contribution in [0.2, 0.25) is 0 Å². The van der Waals surface area contributed by atoms with Crippen molar-refractivity contribution in [1.29, 1.82) is 0 Å². The van der Waals surface area contributed by atoms with Crippen LogP contribution in [0.5, 0.6) is 0 Å². The number of hydrogen-bond acceptors (Lipinski definition) is 4. The fourth-order valence-electron chi connectivity index (χ4n) is 4.05. The molecule has 27 heavy (non-hydrogen) atoms. The minimum absolute atomic E-state index is 0.0619. The van der Waals surface area contributed by atoms with Crippen LogP contribution >= 0.6 is 0 Å². The smallest absolute Gasteiger partial charge is 0.220 e. The number of guanidine groups is 1. The van der Waals surface area contributed by atoms with E-state index in [0.717, 1.165) is 44.1 Å². The van der Waals surface area contributed by atoms with E-state index in [0.29, 0.717) is 13.0 Å². The van der Waals surface area contributed by atoms with Gasteiger partial charge in [-0.1, -0.05) is 12.1 Å². The number of piperidine rings is 1. The predicted molar refractivity (Wildman–Crippen MR) is 102 cm³/mol. The number of nitrogens with zero attached hydrogens (tertiary/aromatic N) is 5. The van der Waals surface area contributed by atoms with Crippen LogP contribution in [0.3, 0.4) is 0 Å². The maximum atomic E-state index is 11.7. The van der Waals surface area contributed by atoms with Crippen molar-refractivity contribution in [2.45, 2.75) is 25.8 Å². The molecule has 0 bridgehead atoms. The second-order valence-corrected chi connectivity index (χ2v) is 7.39. The minimum atomic E-state index is 0.0619. The minimum Gasteiger partial charge on any atom is -0.355 e. The monoisotopic (exact) mass is 367 g/mol. The summed E-state index contributed by atoms with van der Waals surface area (Å²) in [5.74, 6) is 1.07. The fraction of sp³-hybridized carbons (Fsp3) is 0.474. The average Bonchev–Trinajstić information content (AvgIpc) is 3.34. The molecular weight excluding hydrogens is 342 g/mol. The van der Waals surface area contributed by atoms with Crippen LogP contribution in [0.15, 0.2) is 41.9 Å². The van der Waals surface area contributed by atoms with E-state index in [4.69, 9.17) is 0 Å². The summed E-state index contributed by atoms with van der Waals surface area (Å²) in [6.07, 6.45) is 6.03. The van der Waals surface area contributed by atoms with E-state index in [9.17, 15) is 4.79 Å². The SMILES string of the molecule is CN=C(NCc1ccc(-n2cncn2)cc1)N1CCCC2(CNC(=O)C2)C1. The van der Waals surface area contributed by atoms with Gasteiger partial charge in [-0.2, -0.15) is 5.10 Å². The molecule has 2 aliphatic heterocycles. The summed E-state index contributed by atoms with van der Waals surface area (Å²) in [5, 5.41) is 10.6. The highest BCUT2D eigenvalue weighted by Gasteiger charge is 2.42. The maximum Gasteiger partial charge on any atom is 0.220 e. The molecule has 3 heterocycles. The van der Waals surface area contributed by atoms with Crippen molar-refractivity contribution in [1.82, 2.24) is 30.3 Å². The largest absolute Gasteiger partial charge is 0.355 e. The maximum absolute atomic E-state index is 11.7. The van der Waals surface area contributed by atoms with Crippen molar-refractivity contribution in [3.63, 3.8) is 0 Å². The number of rotatable bonds is 3. The number of aliphatic imine (C=N–C) groups is 1. The Hall–Kier alpha value is -2.90. The van der Waals surface area contributed by atoms with E-state index in [1.165, 1.54) is 11.9 Å². The van der Waals surface area contributed by atoms with Gasteiger partial charge in [0, 0.05) is 45.1 Å². The summed E-state index contributed by atoms with van der Waals surface area (Å²) in [6.45, 7) is 3.32. The Bertz CT molecular complexity index is 815. The van der Waals surface area contributed by atoms with Crippen molar-refractivity contribution < 1.29 is 4.79 Å². The third kappa shape index (κ3) is 3.79. The van der Waals surface area contributed by atoms with Gasteiger partial charge in [-0.05, 0) is 30.5 Å². The summed E-state index contributed by atoms with van der Waals surface area (Å²) in [7, 11) is 1.81. The summed E-state index contributed by atoms with van der Waals surface area (Å²) < 4.78 is 1.74. The highest BCUT2D eigenvalue weighted by Crippen LogP contribution is 2.35. The standard InChI is InChI=1S/C19H25N7O/c1-20-18(25-8-2-7-19(12-25)9-17(27)23-11-19)22-10-15-3-5-16(6-4-15)26-14-21-13-24-26/h3-6,13-14H,2,7-12H2,1H3,(H,20,22)(H,23,27). The van der Waals surface area contributed by atoms with Crippen LogP contribution in [-0.2, 0) is 11.3 Å². The topological polar surface area (TPSA) is 87.4 Å². The van der Waals surface area contributed by atoms with Gasteiger partial charge in [-0.3, -0.25) is 9.79 Å². The molecule has 8 heteroatoms. The zero-order chi connectivity index (χ0) is 18.7. The quantitative estimate of drug-likeness (QED) is 0.623. The fourth-order valence-corrected chi connectivity index (χ4v) is 4.05. The zero-order valence-corrected chi connectivity index (χ0v) is 15.6. The van der Waals surface area contributed by atoms with Crippen molar-refractivity contribution in [3.05, 3.63) is 42.5 Å². The second kappa shape index (κ2) is 7.38. The van der Waals surface area contributed by atoms with Crippen LogP contribution in [0.25, 0.3) is 5.69 Å². The van der Waals surface area contributed by atoms with Gasteiger partial charge in [0.15, 0.2) is 5.96 Å². The Morgan fingerprint density at radius 1 is 1.37 bits per heavy atom. The lowest BCUT2D eigenvalue weighted by atomic mass is 9.79. The third-order valence-electron chi connectivity index (χ3n) is 5.44. The van der Waals surface area contributed by atoms with Crippen LogP contribution < -0.4 is 10.6 Å². The Labute approximate surface area is 158 Å². The normalized spacial score (nSPS) is 22.9. The first-order valence-electron chi connectivity index (χ1n) is 9.34. The molecule has 1 spiro atoms.